The Bertz CT molecular complexity index is 599. The van der Waals surface area contributed by atoms with Gasteiger partial charge in [-0.2, -0.15) is 0 Å². The molecule has 7 heteroatoms. The van der Waals surface area contributed by atoms with Gasteiger partial charge in [-0.25, -0.2) is 8.42 Å². The molecule has 1 aliphatic heterocycles. The minimum Gasteiger partial charge on any atom is -0.497 e. The quantitative estimate of drug-likeness (QED) is 0.638. The third kappa shape index (κ3) is 3.63. The fourth-order valence-electron chi connectivity index (χ4n) is 2.15. The molecule has 0 spiro atoms. The second-order valence-electron chi connectivity index (χ2n) is 4.71. The summed E-state index contributed by atoms with van der Waals surface area (Å²) in [7, 11) is -1.39. The smallest absolute Gasteiger partial charge is 0.193 e. The van der Waals surface area contributed by atoms with E-state index >= 15 is 0 Å². The summed E-state index contributed by atoms with van der Waals surface area (Å²) < 4.78 is 28.4. The zero-order valence-electron chi connectivity index (χ0n) is 11.4. The van der Waals surface area contributed by atoms with E-state index in [9.17, 15) is 8.42 Å². The topological polar surface area (TPSA) is 93.8 Å². The first-order valence-corrected chi connectivity index (χ1v) is 8.15. The van der Waals surface area contributed by atoms with Gasteiger partial charge in [0.1, 0.15) is 5.75 Å². The number of nitrogens with zero attached hydrogens (tertiary/aromatic N) is 1. The predicted molar refractivity (Wildman–Crippen MR) is 79.9 cm³/mol. The molecule has 0 aromatic heterocycles. The molecule has 1 heterocycles. The number of benzene rings is 1. The van der Waals surface area contributed by atoms with Gasteiger partial charge in [-0.15, -0.1) is 0 Å². The summed E-state index contributed by atoms with van der Waals surface area (Å²) in [6.45, 7) is 0.213. The fraction of sp³-hybridized carbons (Fsp3) is 0.462. The molecule has 1 aromatic rings. The molecule has 0 amide bonds. The van der Waals surface area contributed by atoms with Gasteiger partial charge < -0.3 is 15.8 Å². The van der Waals surface area contributed by atoms with Gasteiger partial charge in [-0.05, 0) is 25.0 Å². The van der Waals surface area contributed by atoms with Crippen LogP contribution in [-0.4, -0.2) is 39.0 Å². The molecule has 2 rings (SSSR count). The van der Waals surface area contributed by atoms with Crippen LogP contribution in [0.4, 0.5) is 5.69 Å². The van der Waals surface area contributed by atoms with E-state index in [0.717, 1.165) is 5.69 Å². The number of nitrogens with two attached hydrogens (primary N) is 1. The van der Waals surface area contributed by atoms with Crippen molar-refractivity contribution in [2.24, 2.45) is 10.7 Å². The average molecular weight is 297 g/mol. The molecule has 110 valence electrons. The van der Waals surface area contributed by atoms with Gasteiger partial charge in [0.05, 0.1) is 24.7 Å². The molecule has 6 nitrogen and oxygen atoms in total. The zero-order chi connectivity index (χ0) is 14.6. The maximum atomic E-state index is 11.7. The van der Waals surface area contributed by atoms with Crippen molar-refractivity contribution in [3.63, 3.8) is 0 Å². The number of sulfone groups is 1. The monoisotopic (exact) mass is 297 g/mol. The number of hydrogen-bond acceptors (Lipinski definition) is 4. The van der Waals surface area contributed by atoms with Crippen LogP contribution in [0.3, 0.4) is 0 Å². The predicted octanol–water partition coefficient (Wildman–Crippen LogP) is 0.999. The van der Waals surface area contributed by atoms with Gasteiger partial charge in [-0.1, -0.05) is 6.07 Å². The van der Waals surface area contributed by atoms with Crippen LogP contribution in [0.1, 0.15) is 12.8 Å². The number of methoxy groups -OCH3 is 1. The Balaban J connectivity index is 1.97. The number of hydrogen-bond donors (Lipinski definition) is 2. The lowest BCUT2D eigenvalue weighted by molar-refractivity contribution is 0.415. The third-order valence-electron chi connectivity index (χ3n) is 3.27. The van der Waals surface area contributed by atoms with E-state index in [1.54, 1.807) is 13.2 Å². The molecule has 1 fully saturated rings. The lowest BCUT2D eigenvalue weighted by Crippen LogP contribution is -2.26. The average Bonchev–Trinajstić information content (AvgIpc) is 2.75. The Morgan fingerprint density at radius 3 is 3.00 bits per heavy atom. The van der Waals surface area contributed by atoms with Crippen molar-refractivity contribution in [3.8, 4) is 5.75 Å². The van der Waals surface area contributed by atoms with E-state index in [0.29, 0.717) is 18.6 Å². The van der Waals surface area contributed by atoms with Gasteiger partial charge in [0.25, 0.3) is 0 Å². The SMILES string of the molecule is COc1cccc(NC(N)=NCC2CCCS2(=O)=O)c1. The van der Waals surface area contributed by atoms with E-state index < -0.39 is 15.1 Å². The summed E-state index contributed by atoms with van der Waals surface area (Å²) in [5.41, 5.74) is 6.52. The Morgan fingerprint density at radius 1 is 1.55 bits per heavy atom. The standard InChI is InChI=1S/C13H19N3O3S/c1-19-11-5-2-4-10(8-11)16-13(14)15-9-12-6-3-7-20(12,17)18/h2,4-5,8,12H,3,6-7,9H2,1H3,(H3,14,15,16). The number of rotatable bonds is 4. The molecule has 0 aliphatic carbocycles. The van der Waals surface area contributed by atoms with E-state index in [-0.39, 0.29) is 18.3 Å². The third-order valence-corrected chi connectivity index (χ3v) is 5.53. The molecule has 3 N–H and O–H groups in total. The van der Waals surface area contributed by atoms with Crippen LogP contribution in [0, 0.1) is 0 Å². The number of anilines is 1. The maximum Gasteiger partial charge on any atom is 0.193 e. The van der Waals surface area contributed by atoms with Gasteiger partial charge >= 0.3 is 0 Å². The highest BCUT2D eigenvalue weighted by molar-refractivity contribution is 7.92. The minimum absolute atomic E-state index is 0.209. The van der Waals surface area contributed by atoms with E-state index in [4.69, 9.17) is 10.5 Å². The highest BCUT2D eigenvalue weighted by Crippen LogP contribution is 2.20. The maximum absolute atomic E-state index is 11.7. The number of aliphatic imine (C=N–C) groups is 1. The Morgan fingerprint density at radius 2 is 2.35 bits per heavy atom. The molecule has 0 saturated carbocycles. The largest absolute Gasteiger partial charge is 0.497 e. The van der Waals surface area contributed by atoms with Crippen LogP contribution in [0.2, 0.25) is 0 Å². The summed E-state index contributed by atoms with van der Waals surface area (Å²) in [6.07, 6.45) is 1.38. The van der Waals surface area contributed by atoms with Crippen molar-refractivity contribution in [1.29, 1.82) is 0 Å². The van der Waals surface area contributed by atoms with Gasteiger partial charge in [0.2, 0.25) is 0 Å². The van der Waals surface area contributed by atoms with Gasteiger partial charge in [0.15, 0.2) is 15.8 Å². The highest BCUT2D eigenvalue weighted by Gasteiger charge is 2.30. The summed E-state index contributed by atoms with van der Waals surface area (Å²) in [6, 6.07) is 7.27. The molecule has 1 atom stereocenters. The molecule has 20 heavy (non-hydrogen) atoms. The lowest BCUT2D eigenvalue weighted by atomic mass is 10.2. The van der Waals surface area contributed by atoms with Crippen LogP contribution in [0.15, 0.2) is 29.3 Å². The number of guanidine groups is 1. The highest BCUT2D eigenvalue weighted by atomic mass is 32.2. The Labute approximate surface area is 119 Å². The summed E-state index contributed by atoms with van der Waals surface area (Å²) >= 11 is 0. The van der Waals surface area contributed by atoms with Crippen molar-refractivity contribution in [3.05, 3.63) is 24.3 Å². The van der Waals surface area contributed by atoms with Crippen LogP contribution >= 0.6 is 0 Å². The first-order valence-electron chi connectivity index (χ1n) is 6.44. The number of ether oxygens (including phenoxy) is 1. The molecule has 1 unspecified atom stereocenters. The second-order valence-corrected chi connectivity index (χ2v) is 7.11. The molecular weight excluding hydrogens is 278 g/mol. The minimum atomic E-state index is -2.98. The second kappa shape index (κ2) is 6.13. The van der Waals surface area contributed by atoms with E-state index in [2.05, 4.69) is 10.3 Å². The molecule has 1 saturated heterocycles. The summed E-state index contributed by atoms with van der Waals surface area (Å²) in [4.78, 5) is 4.12. The number of nitrogens with one attached hydrogen (secondary N) is 1. The fourth-order valence-corrected chi connectivity index (χ4v) is 3.88. The molecular formula is C13H19N3O3S. The van der Waals surface area contributed by atoms with E-state index in [1.807, 2.05) is 18.2 Å². The van der Waals surface area contributed by atoms with Crippen molar-refractivity contribution >= 4 is 21.5 Å². The van der Waals surface area contributed by atoms with Crippen LogP contribution in [0.25, 0.3) is 0 Å². The lowest BCUT2D eigenvalue weighted by Gasteiger charge is -2.09. The van der Waals surface area contributed by atoms with E-state index in [1.165, 1.54) is 0 Å². The molecule has 1 aliphatic rings. The Kier molecular flexibility index (Phi) is 4.49. The summed E-state index contributed by atoms with van der Waals surface area (Å²) in [5, 5.41) is 2.53. The first kappa shape index (κ1) is 14.6. The molecule has 1 aromatic carbocycles. The van der Waals surface area contributed by atoms with Crippen LogP contribution in [0.5, 0.6) is 5.75 Å². The van der Waals surface area contributed by atoms with Gasteiger partial charge in [0, 0.05) is 11.8 Å². The normalized spacial score (nSPS) is 21.6. The molecule has 0 bridgehead atoms. The zero-order valence-corrected chi connectivity index (χ0v) is 12.2. The molecule has 0 radical (unpaired) electrons. The Hall–Kier alpha value is -1.76. The van der Waals surface area contributed by atoms with Crippen molar-refractivity contribution < 1.29 is 13.2 Å². The van der Waals surface area contributed by atoms with Crippen LogP contribution < -0.4 is 15.8 Å². The van der Waals surface area contributed by atoms with Crippen LogP contribution in [-0.2, 0) is 9.84 Å². The van der Waals surface area contributed by atoms with Crippen molar-refractivity contribution in [2.45, 2.75) is 18.1 Å². The summed E-state index contributed by atoms with van der Waals surface area (Å²) in [5.74, 6) is 1.18. The van der Waals surface area contributed by atoms with Gasteiger partial charge in [-0.3, -0.25) is 4.99 Å². The van der Waals surface area contributed by atoms with Crippen molar-refractivity contribution in [1.82, 2.24) is 0 Å². The van der Waals surface area contributed by atoms with Crippen molar-refractivity contribution in [2.75, 3.05) is 24.7 Å². The first-order chi connectivity index (χ1) is 9.51.